The van der Waals surface area contributed by atoms with Gasteiger partial charge in [-0.25, -0.2) is 0 Å². The number of piperazine rings is 1. The van der Waals surface area contributed by atoms with Gasteiger partial charge in [-0.2, -0.15) is 0 Å². The van der Waals surface area contributed by atoms with E-state index in [9.17, 15) is 9.59 Å². The second kappa shape index (κ2) is 8.83. The zero-order valence-corrected chi connectivity index (χ0v) is 16.9. The Balaban J connectivity index is 1.59. The zero-order chi connectivity index (χ0) is 20.1. The molecule has 28 heavy (non-hydrogen) atoms. The third kappa shape index (κ3) is 4.86. The number of hydrogen-bond acceptors (Lipinski definition) is 8. The van der Waals surface area contributed by atoms with E-state index in [1.165, 1.54) is 14.0 Å². The molecule has 0 radical (unpaired) electrons. The van der Waals surface area contributed by atoms with Crippen LogP contribution in [0.3, 0.4) is 0 Å². The Labute approximate surface area is 167 Å². The van der Waals surface area contributed by atoms with Crippen LogP contribution in [0.5, 0.6) is 11.5 Å². The standard InChI is InChI=1S/C19H22N4O4S/c1-13-20-21-19(28-13)23-10-8-22(9-11-23)18(25)7-5-15-4-6-16(27-14(2)24)17(12-15)26-3/h4-7,12H,8-11H2,1-3H3/b7-5+. The highest BCUT2D eigenvalue weighted by molar-refractivity contribution is 7.15. The van der Waals surface area contributed by atoms with Gasteiger partial charge in [-0.3, -0.25) is 9.59 Å². The zero-order valence-electron chi connectivity index (χ0n) is 16.0. The fraction of sp³-hybridized carbons (Fsp3) is 0.368. The predicted molar refractivity (Wildman–Crippen MR) is 107 cm³/mol. The van der Waals surface area contributed by atoms with Crippen LogP contribution in [0.1, 0.15) is 17.5 Å². The van der Waals surface area contributed by atoms with Crippen molar-refractivity contribution in [2.45, 2.75) is 13.8 Å². The number of esters is 1. The second-order valence-electron chi connectivity index (χ2n) is 6.25. The fourth-order valence-corrected chi connectivity index (χ4v) is 3.57. The number of carbonyl (C=O) groups excluding carboxylic acids is 2. The predicted octanol–water partition coefficient (Wildman–Crippen LogP) is 2.14. The summed E-state index contributed by atoms with van der Waals surface area (Å²) in [5, 5.41) is 10.0. The highest BCUT2D eigenvalue weighted by atomic mass is 32.1. The molecule has 148 valence electrons. The number of amides is 1. The third-order valence-electron chi connectivity index (χ3n) is 4.24. The summed E-state index contributed by atoms with van der Waals surface area (Å²) in [6.45, 7) is 6.00. The number of carbonyl (C=O) groups is 2. The second-order valence-corrected chi connectivity index (χ2v) is 7.41. The summed E-state index contributed by atoms with van der Waals surface area (Å²) in [7, 11) is 1.50. The summed E-state index contributed by atoms with van der Waals surface area (Å²) in [6, 6.07) is 5.13. The van der Waals surface area contributed by atoms with Gasteiger partial charge in [0.2, 0.25) is 11.0 Å². The molecule has 0 unspecified atom stereocenters. The van der Waals surface area contributed by atoms with Gasteiger partial charge in [0.1, 0.15) is 5.01 Å². The molecular weight excluding hydrogens is 380 g/mol. The molecule has 0 N–H and O–H groups in total. The molecular formula is C19H22N4O4S. The average Bonchev–Trinajstić information content (AvgIpc) is 3.13. The van der Waals surface area contributed by atoms with E-state index in [1.807, 2.05) is 11.8 Å². The number of ether oxygens (including phenoxy) is 2. The van der Waals surface area contributed by atoms with Crippen LogP contribution in [0, 0.1) is 6.92 Å². The summed E-state index contributed by atoms with van der Waals surface area (Å²) < 4.78 is 10.3. The smallest absolute Gasteiger partial charge is 0.308 e. The van der Waals surface area contributed by atoms with Gasteiger partial charge < -0.3 is 19.3 Å². The number of aromatic nitrogens is 2. The minimum absolute atomic E-state index is 0.0453. The normalized spacial score (nSPS) is 14.4. The molecule has 1 aliphatic heterocycles. The molecule has 1 aliphatic rings. The van der Waals surface area contributed by atoms with E-state index in [0.717, 1.165) is 28.8 Å². The van der Waals surface area contributed by atoms with Crippen LogP contribution in [-0.4, -0.2) is 60.3 Å². The van der Waals surface area contributed by atoms with Crippen molar-refractivity contribution in [1.29, 1.82) is 0 Å². The Morgan fingerprint density at radius 3 is 2.50 bits per heavy atom. The van der Waals surface area contributed by atoms with E-state index in [-0.39, 0.29) is 5.91 Å². The summed E-state index contributed by atoms with van der Waals surface area (Å²) in [6.07, 6.45) is 3.27. The number of anilines is 1. The molecule has 1 aromatic heterocycles. The lowest BCUT2D eigenvalue weighted by molar-refractivity contribution is -0.132. The lowest BCUT2D eigenvalue weighted by Gasteiger charge is -2.33. The van der Waals surface area contributed by atoms with E-state index in [1.54, 1.807) is 41.7 Å². The van der Waals surface area contributed by atoms with Crippen LogP contribution in [0.25, 0.3) is 6.08 Å². The van der Waals surface area contributed by atoms with Crippen LogP contribution < -0.4 is 14.4 Å². The Morgan fingerprint density at radius 2 is 1.89 bits per heavy atom. The van der Waals surface area contributed by atoms with Gasteiger partial charge in [0.25, 0.3) is 0 Å². The first-order valence-corrected chi connectivity index (χ1v) is 9.66. The van der Waals surface area contributed by atoms with E-state index in [0.29, 0.717) is 24.6 Å². The molecule has 0 spiro atoms. The van der Waals surface area contributed by atoms with Crippen molar-refractivity contribution in [3.8, 4) is 11.5 Å². The topological polar surface area (TPSA) is 84.9 Å². The molecule has 1 aromatic carbocycles. The third-order valence-corrected chi connectivity index (χ3v) is 5.14. The number of aryl methyl sites for hydroxylation is 1. The minimum Gasteiger partial charge on any atom is -0.493 e. The van der Waals surface area contributed by atoms with Crippen molar-refractivity contribution in [3.05, 3.63) is 34.8 Å². The van der Waals surface area contributed by atoms with Gasteiger partial charge >= 0.3 is 5.97 Å². The molecule has 2 aromatic rings. The van der Waals surface area contributed by atoms with E-state index in [2.05, 4.69) is 15.1 Å². The lowest BCUT2D eigenvalue weighted by Crippen LogP contribution is -2.48. The van der Waals surface area contributed by atoms with Crippen LogP contribution >= 0.6 is 11.3 Å². The van der Waals surface area contributed by atoms with Gasteiger partial charge in [-0.15, -0.1) is 10.2 Å². The molecule has 8 nitrogen and oxygen atoms in total. The summed E-state index contributed by atoms with van der Waals surface area (Å²) >= 11 is 1.56. The highest BCUT2D eigenvalue weighted by Crippen LogP contribution is 2.28. The molecule has 0 atom stereocenters. The number of methoxy groups -OCH3 is 1. The number of hydrogen-bond donors (Lipinski definition) is 0. The molecule has 1 saturated heterocycles. The molecule has 0 bridgehead atoms. The van der Waals surface area contributed by atoms with Crippen LogP contribution in [0.2, 0.25) is 0 Å². The van der Waals surface area contributed by atoms with Crippen molar-refractivity contribution >= 4 is 34.4 Å². The Morgan fingerprint density at radius 1 is 1.14 bits per heavy atom. The van der Waals surface area contributed by atoms with Gasteiger partial charge in [0, 0.05) is 39.2 Å². The van der Waals surface area contributed by atoms with Gasteiger partial charge in [-0.1, -0.05) is 17.4 Å². The maximum atomic E-state index is 12.5. The van der Waals surface area contributed by atoms with Crippen molar-refractivity contribution in [2.75, 3.05) is 38.2 Å². The van der Waals surface area contributed by atoms with Crippen LogP contribution in [-0.2, 0) is 9.59 Å². The van der Waals surface area contributed by atoms with E-state index >= 15 is 0 Å². The molecule has 9 heteroatoms. The van der Waals surface area contributed by atoms with Gasteiger partial charge in [-0.05, 0) is 30.7 Å². The fourth-order valence-electron chi connectivity index (χ4n) is 2.83. The van der Waals surface area contributed by atoms with Crippen LogP contribution in [0.15, 0.2) is 24.3 Å². The highest BCUT2D eigenvalue weighted by Gasteiger charge is 2.21. The van der Waals surface area contributed by atoms with Crippen molar-refractivity contribution in [2.24, 2.45) is 0 Å². The van der Waals surface area contributed by atoms with E-state index < -0.39 is 5.97 Å². The lowest BCUT2D eigenvalue weighted by atomic mass is 10.2. The van der Waals surface area contributed by atoms with Gasteiger partial charge in [0.15, 0.2) is 11.5 Å². The van der Waals surface area contributed by atoms with E-state index in [4.69, 9.17) is 9.47 Å². The Kier molecular flexibility index (Phi) is 6.25. The molecule has 1 amide bonds. The minimum atomic E-state index is -0.417. The first kappa shape index (κ1) is 19.8. The maximum absolute atomic E-state index is 12.5. The van der Waals surface area contributed by atoms with Crippen molar-refractivity contribution in [3.63, 3.8) is 0 Å². The number of rotatable bonds is 5. The van der Waals surface area contributed by atoms with Gasteiger partial charge in [0.05, 0.1) is 7.11 Å². The van der Waals surface area contributed by atoms with Crippen molar-refractivity contribution < 1.29 is 19.1 Å². The first-order valence-electron chi connectivity index (χ1n) is 8.85. The summed E-state index contributed by atoms with van der Waals surface area (Å²) in [4.78, 5) is 27.6. The summed E-state index contributed by atoms with van der Waals surface area (Å²) in [5.74, 6) is 0.322. The average molecular weight is 402 g/mol. The Bertz CT molecular complexity index is 888. The molecule has 3 rings (SSSR count). The number of nitrogens with zero attached hydrogens (tertiary/aromatic N) is 4. The monoisotopic (exact) mass is 402 g/mol. The molecule has 2 heterocycles. The maximum Gasteiger partial charge on any atom is 0.308 e. The number of benzene rings is 1. The molecule has 0 saturated carbocycles. The quantitative estimate of drug-likeness (QED) is 0.430. The first-order chi connectivity index (χ1) is 13.5. The molecule has 1 fully saturated rings. The molecule has 0 aliphatic carbocycles. The largest absolute Gasteiger partial charge is 0.493 e. The SMILES string of the molecule is COc1cc(/C=C/C(=O)N2CCN(c3nnc(C)s3)CC2)ccc1OC(C)=O. The van der Waals surface area contributed by atoms with Crippen molar-refractivity contribution in [1.82, 2.24) is 15.1 Å². The van der Waals surface area contributed by atoms with Crippen LogP contribution in [0.4, 0.5) is 5.13 Å². The summed E-state index contributed by atoms with van der Waals surface area (Å²) in [5.41, 5.74) is 0.782. The Hall–Kier alpha value is -2.94.